The second kappa shape index (κ2) is 13.5. The first kappa shape index (κ1) is 29.7. The van der Waals surface area contributed by atoms with Crippen molar-refractivity contribution in [3.63, 3.8) is 0 Å². The lowest BCUT2D eigenvalue weighted by Gasteiger charge is -2.37. The molecule has 0 bridgehead atoms. The Kier molecular flexibility index (Phi) is 9.31. The van der Waals surface area contributed by atoms with Gasteiger partial charge in [0, 0.05) is 48.9 Å². The Balaban J connectivity index is 1.03. The number of carbonyl (C=O) groups is 1. The monoisotopic (exact) mass is 605 g/mol. The van der Waals surface area contributed by atoms with Gasteiger partial charge < -0.3 is 24.8 Å². The molecule has 6 rings (SSSR count). The van der Waals surface area contributed by atoms with Crippen LogP contribution in [0, 0.1) is 5.92 Å². The number of fused-ring (bicyclic) bond motifs is 3. The smallest absolute Gasteiger partial charge is 0.309 e. The van der Waals surface area contributed by atoms with E-state index in [1.54, 1.807) is 0 Å². The average Bonchev–Trinajstić information content (AvgIpc) is 3.50. The zero-order valence-electron chi connectivity index (χ0n) is 24.8. The molecule has 2 atom stereocenters. The van der Waals surface area contributed by atoms with E-state index < -0.39 is 0 Å². The van der Waals surface area contributed by atoms with Gasteiger partial charge in [0.2, 0.25) is 5.95 Å². The van der Waals surface area contributed by atoms with Crippen molar-refractivity contribution in [2.24, 2.45) is 5.92 Å². The number of anilines is 2. The number of carbonyl (C=O) groups excluding carboxylic acids is 1. The van der Waals surface area contributed by atoms with E-state index in [2.05, 4.69) is 21.9 Å². The molecule has 1 saturated heterocycles. The van der Waals surface area contributed by atoms with Gasteiger partial charge in [-0.2, -0.15) is 4.98 Å². The SMILES string of the molecule is CCOC(=O)C1CCC(OCCN2CCN(c3nc(N)nc4c3CCc3cc(OCc5ccc(Cl)cc5)ccc3-4)CC2)C1. The topological polar surface area (TPSA) is 103 Å². The Hall–Kier alpha value is -3.40. The third-order valence-corrected chi connectivity index (χ3v) is 8.99. The molecule has 228 valence electrons. The normalized spacial score (nSPS) is 20.0. The molecule has 1 saturated carbocycles. The second-order valence-corrected chi connectivity index (χ2v) is 12.0. The Morgan fingerprint density at radius 3 is 2.65 bits per heavy atom. The summed E-state index contributed by atoms with van der Waals surface area (Å²) in [5, 5.41) is 0.718. The summed E-state index contributed by atoms with van der Waals surface area (Å²) in [6.07, 6.45) is 4.47. The molecular weight excluding hydrogens is 566 g/mol. The Morgan fingerprint density at radius 2 is 1.86 bits per heavy atom. The van der Waals surface area contributed by atoms with Crippen LogP contribution in [-0.4, -0.2) is 72.9 Å². The van der Waals surface area contributed by atoms with Gasteiger partial charge in [-0.3, -0.25) is 9.69 Å². The van der Waals surface area contributed by atoms with E-state index in [-0.39, 0.29) is 18.0 Å². The van der Waals surface area contributed by atoms with Crippen LogP contribution < -0.4 is 15.4 Å². The van der Waals surface area contributed by atoms with Crippen LogP contribution in [0.4, 0.5) is 11.8 Å². The molecule has 1 aliphatic heterocycles. The van der Waals surface area contributed by atoms with Crippen LogP contribution in [0.15, 0.2) is 42.5 Å². The molecule has 0 amide bonds. The summed E-state index contributed by atoms with van der Waals surface area (Å²) >= 11 is 6.00. The van der Waals surface area contributed by atoms with Gasteiger partial charge in [-0.15, -0.1) is 0 Å². The summed E-state index contributed by atoms with van der Waals surface area (Å²) in [6.45, 7) is 7.96. The fraction of sp³-hybridized carbons (Fsp3) is 0.485. The Bertz CT molecular complexity index is 1430. The number of nitrogens with two attached hydrogens (primary N) is 1. The van der Waals surface area contributed by atoms with Gasteiger partial charge in [0.15, 0.2) is 0 Å². The number of halogens is 1. The maximum Gasteiger partial charge on any atom is 0.309 e. The largest absolute Gasteiger partial charge is 0.489 e. The van der Waals surface area contributed by atoms with Gasteiger partial charge in [0.05, 0.1) is 30.9 Å². The standard InChI is InChI=1S/C33H40ClN5O4/c1-2-41-32(40)24-5-9-26(20-24)42-18-17-38-13-15-39(16-14-38)31-29-11-6-23-19-27(43-21-22-3-7-25(34)8-4-22)10-12-28(23)30(29)36-33(35)37-31/h3-4,7-8,10,12,19,24,26H,2,5-6,9,11,13-18,20-21H2,1H3,(H2,35,36,37). The van der Waals surface area contributed by atoms with Crippen molar-refractivity contribution >= 4 is 29.3 Å². The molecule has 3 aliphatic rings. The molecule has 10 heteroatoms. The van der Waals surface area contributed by atoms with Gasteiger partial charge in [-0.1, -0.05) is 23.7 Å². The highest BCUT2D eigenvalue weighted by Crippen LogP contribution is 2.38. The predicted octanol–water partition coefficient (Wildman–Crippen LogP) is 4.93. The van der Waals surface area contributed by atoms with E-state index in [4.69, 9.17) is 41.5 Å². The summed E-state index contributed by atoms with van der Waals surface area (Å²) in [5.74, 6) is 2.01. The minimum Gasteiger partial charge on any atom is -0.489 e. The molecule has 2 heterocycles. The Morgan fingerprint density at radius 1 is 1.05 bits per heavy atom. The first-order valence-electron chi connectivity index (χ1n) is 15.4. The van der Waals surface area contributed by atoms with Crippen molar-refractivity contribution in [2.75, 3.05) is 56.6 Å². The molecular formula is C33H40ClN5O4. The van der Waals surface area contributed by atoms with Crippen molar-refractivity contribution in [3.05, 3.63) is 64.2 Å². The highest BCUT2D eigenvalue weighted by atomic mass is 35.5. The van der Waals surface area contributed by atoms with Crippen molar-refractivity contribution in [1.29, 1.82) is 0 Å². The number of ether oxygens (including phenoxy) is 3. The van der Waals surface area contributed by atoms with Gasteiger partial charge >= 0.3 is 5.97 Å². The molecule has 0 radical (unpaired) electrons. The number of nitrogen functional groups attached to an aromatic ring is 1. The maximum atomic E-state index is 12.0. The lowest BCUT2D eigenvalue weighted by molar-refractivity contribution is -0.148. The zero-order chi connectivity index (χ0) is 29.8. The second-order valence-electron chi connectivity index (χ2n) is 11.6. The molecule has 2 fully saturated rings. The number of nitrogens with zero attached hydrogens (tertiary/aromatic N) is 4. The lowest BCUT2D eigenvalue weighted by Crippen LogP contribution is -2.48. The van der Waals surface area contributed by atoms with E-state index in [0.717, 1.165) is 98.2 Å². The van der Waals surface area contributed by atoms with E-state index >= 15 is 0 Å². The van der Waals surface area contributed by atoms with Gasteiger partial charge in [-0.05, 0) is 80.5 Å². The molecule has 2 N–H and O–H groups in total. The van der Waals surface area contributed by atoms with Gasteiger partial charge in [0.1, 0.15) is 18.2 Å². The summed E-state index contributed by atoms with van der Waals surface area (Å²) in [7, 11) is 0. The number of aryl methyl sites for hydroxylation is 1. The lowest BCUT2D eigenvalue weighted by atomic mass is 9.88. The van der Waals surface area contributed by atoms with Crippen LogP contribution in [0.1, 0.15) is 42.9 Å². The quantitative estimate of drug-likeness (QED) is 0.322. The number of hydrogen-bond acceptors (Lipinski definition) is 9. The van der Waals surface area contributed by atoms with Crippen LogP contribution in [-0.2, 0) is 33.7 Å². The molecule has 9 nitrogen and oxygen atoms in total. The molecule has 3 aromatic rings. The molecule has 2 unspecified atom stereocenters. The van der Waals surface area contributed by atoms with Crippen LogP contribution in [0.5, 0.6) is 5.75 Å². The fourth-order valence-corrected chi connectivity index (χ4v) is 6.53. The molecule has 2 aromatic carbocycles. The van der Waals surface area contributed by atoms with E-state index in [9.17, 15) is 4.79 Å². The minimum atomic E-state index is -0.0789. The molecule has 1 aromatic heterocycles. The van der Waals surface area contributed by atoms with E-state index in [1.807, 2.05) is 37.3 Å². The van der Waals surface area contributed by atoms with Crippen molar-refractivity contribution in [2.45, 2.75) is 51.7 Å². The zero-order valence-corrected chi connectivity index (χ0v) is 25.5. The average molecular weight is 606 g/mol. The summed E-state index contributed by atoms with van der Waals surface area (Å²) in [4.78, 5) is 26.2. The summed E-state index contributed by atoms with van der Waals surface area (Å²) in [5.41, 5.74) is 11.7. The van der Waals surface area contributed by atoms with E-state index in [0.29, 0.717) is 25.8 Å². The van der Waals surface area contributed by atoms with Crippen molar-refractivity contribution in [3.8, 4) is 17.0 Å². The summed E-state index contributed by atoms with van der Waals surface area (Å²) < 4.78 is 17.4. The number of rotatable bonds is 10. The highest BCUT2D eigenvalue weighted by Gasteiger charge is 2.32. The number of piperazine rings is 1. The third-order valence-electron chi connectivity index (χ3n) is 8.73. The van der Waals surface area contributed by atoms with Crippen molar-refractivity contribution in [1.82, 2.24) is 14.9 Å². The third kappa shape index (κ3) is 7.06. The first-order chi connectivity index (χ1) is 21.0. The van der Waals surface area contributed by atoms with Crippen LogP contribution in [0.25, 0.3) is 11.3 Å². The van der Waals surface area contributed by atoms with Crippen LogP contribution >= 0.6 is 11.6 Å². The number of hydrogen-bond donors (Lipinski definition) is 1. The molecule has 0 spiro atoms. The maximum absolute atomic E-state index is 12.0. The predicted molar refractivity (Wildman–Crippen MR) is 167 cm³/mol. The molecule has 2 aliphatic carbocycles. The highest BCUT2D eigenvalue weighted by molar-refractivity contribution is 6.30. The van der Waals surface area contributed by atoms with Gasteiger partial charge in [0.25, 0.3) is 0 Å². The minimum absolute atomic E-state index is 0.0119. The molecule has 43 heavy (non-hydrogen) atoms. The number of benzene rings is 2. The fourth-order valence-electron chi connectivity index (χ4n) is 6.41. The van der Waals surface area contributed by atoms with Crippen molar-refractivity contribution < 1.29 is 19.0 Å². The van der Waals surface area contributed by atoms with Crippen LogP contribution in [0.3, 0.4) is 0 Å². The van der Waals surface area contributed by atoms with E-state index in [1.165, 1.54) is 11.1 Å². The summed E-state index contributed by atoms with van der Waals surface area (Å²) in [6, 6.07) is 13.9. The van der Waals surface area contributed by atoms with Gasteiger partial charge in [-0.25, -0.2) is 4.98 Å². The Labute approximate surface area is 258 Å². The number of aromatic nitrogens is 2. The first-order valence-corrected chi connectivity index (χ1v) is 15.8. The van der Waals surface area contributed by atoms with Crippen LogP contribution in [0.2, 0.25) is 5.02 Å². The number of esters is 1.